The van der Waals surface area contributed by atoms with Gasteiger partial charge < -0.3 is 0 Å². The Balaban J connectivity index is 3.29. The van der Waals surface area contributed by atoms with Crippen LogP contribution in [0.4, 0.5) is 17.6 Å². The van der Waals surface area contributed by atoms with Crippen LogP contribution in [0.3, 0.4) is 0 Å². The number of Topliss-reactive ketones (excluding diaryl/α,β-unsaturated/α-hetero) is 1. The van der Waals surface area contributed by atoms with Crippen LogP contribution >= 0.6 is 0 Å². The molecule has 0 bridgehead atoms. The normalized spacial score (nSPS) is 11.6. The Labute approximate surface area is 83.7 Å². The Kier molecular flexibility index (Phi) is 2.83. The third-order valence-corrected chi connectivity index (χ3v) is 2.22. The highest BCUT2D eigenvalue weighted by Crippen LogP contribution is 2.25. The van der Waals surface area contributed by atoms with Crippen LogP contribution in [0.15, 0.2) is 12.1 Å². The van der Waals surface area contributed by atoms with E-state index in [4.69, 9.17) is 0 Å². The van der Waals surface area contributed by atoms with Crippen LogP contribution in [-0.2, 0) is 0 Å². The number of halogens is 4. The molecule has 0 aliphatic heterocycles. The van der Waals surface area contributed by atoms with Crippen molar-refractivity contribution in [2.45, 2.75) is 20.0 Å². The summed E-state index contributed by atoms with van der Waals surface area (Å²) in [5.74, 6) is -2.56. The maximum Gasteiger partial charge on any atom is 0.454 e. The lowest BCUT2D eigenvalue weighted by Crippen LogP contribution is -2.24. The summed E-state index contributed by atoms with van der Waals surface area (Å²) in [7, 11) is 0. The van der Waals surface area contributed by atoms with Gasteiger partial charge in [-0.15, -0.1) is 0 Å². The molecule has 0 heterocycles. The summed E-state index contributed by atoms with van der Waals surface area (Å²) in [6.07, 6.45) is -4.92. The zero-order valence-electron chi connectivity index (χ0n) is 8.07. The van der Waals surface area contributed by atoms with E-state index in [-0.39, 0.29) is 11.1 Å². The molecule has 0 aliphatic rings. The van der Waals surface area contributed by atoms with E-state index in [0.717, 1.165) is 12.1 Å². The average molecular weight is 220 g/mol. The minimum absolute atomic E-state index is 0.0253. The average Bonchev–Trinajstić information content (AvgIpc) is 2.12. The molecule has 15 heavy (non-hydrogen) atoms. The highest BCUT2D eigenvalue weighted by Gasteiger charge is 2.40. The lowest BCUT2D eigenvalue weighted by Gasteiger charge is -2.10. The lowest BCUT2D eigenvalue weighted by molar-refractivity contribution is -0.0885. The molecule has 5 heteroatoms. The van der Waals surface area contributed by atoms with Gasteiger partial charge in [0.15, 0.2) is 0 Å². The fourth-order valence-corrected chi connectivity index (χ4v) is 1.19. The van der Waals surface area contributed by atoms with Crippen LogP contribution in [0, 0.1) is 19.7 Å². The fraction of sp³-hybridized carbons (Fsp3) is 0.300. The molecule has 0 saturated heterocycles. The Morgan fingerprint density at radius 1 is 1.13 bits per heavy atom. The first kappa shape index (κ1) is 11.7. The molecule has 0 radical (unpaired) electrons. The second-order valence-electron chi connectivity index (χ2n) is 3.17. The van der Waals surface area contributed by atoms with E-state index < -0.39 is 23.3 Å². The first-order valence-electron chi connectivity index (χ1n) is 4.12. The molecule has 0 fully saturated rings. The van der Waals surface area contributed by atoms with Gasteiger partial charge >= 0.3 is 6.18 Å². The molecule has 82 valence electrons. The molecule has 1 nitrogen and oxygen atoms in total. The van der Waals surface area contributed by atoms with Gasteiger partial charge in [-0.05, 0) is 37.1 Å². The van der Waals surface area contributed by atoms with Gasteiger partial charge in [0.1, 0.15) is 5.82 Å². The van der Waals surface area contributed by atoms with E-state index in [1.165, 1.54) is 13.8 Å². The second-order valence-corrected chi connectivity index (χ2v) is 3.17. The maximum atomic E-state index is 12.9. The zero-order valence-corrected chi connectivity index (χ0v) is 8.07. The Hall–Kier alpha value is -1.39. The molecule has 0 aromatic heterocycles. The topological polar surface area (TPSA) is 17.1 Å². The fourth-order valence-electron chi connectivity index (χ4n) is 1.19. The van der Waals surface area contributed by atoms with Crippen LogP contribution in [0.2, 0.25) is 0 Å². The van der Waals surface area contributed by atoms with E-state index >= 15 is 0 Å². The van der Waals surface area contributed by atoms with Crippen LogP contribution in [0.1, 0.15) is 21.5 Å². The lowest BCUT2D eigenvalue weighted by atomic mass is 9.99. The predicted molar refractivity (Wildman–Crippen MR) is 46.3 cm³/mol. The minimum atomic E-state index is -4.92. The summed E-state index contributed by atoms with van der Waals surface area (Å²) in [6, 6.07) is 1.72. The number of hydrogen-bond acceptors (Lipinski definition) is 1. The second kappa shape index (κ2) is 3.64. The van der Waals surface area contributed by atoms with Gasteiger partial charge in [-0.1, -0.05) is 0 Å². The summed E-state index contributed by atoms with van der Waals surface area (Å²) >= 11 is 0. The van der Waals surface area contributed by atoms with Gasteiger partial charge in [0.2, 0.25) is 0 Å². The van der Waals surface area contributed by atoms with Gasteiger partial charge in [0, 0.05) is 5.56 Å². The largest absolute Gasteiger partial charge is 0.454 e. The van der Waals surface area contributed by atoms with Crippen molar-refractivity contribution < 1.29 is 22.4 Å². The van der Waals surface area contributed by atoms with Crippen LogP contribution in [0.5, 0.6) is 0 Å². The van der Waals surface area contributed by atoms with Crippen molar-refractivity contribution in [3.8, 4) is 0 Å². The summed E-state index contributed by atoms with van der Waals surface area (Å²) in [5, 5.41) is 0. The monoisotopic (exact) mass is 220 g/mol. The molecule has 1 aromatic carbocycles. The maximum absolute atomic E-state index is 12.9. The molecule has 0 saturated carbocycles. The number of hydrogen-bond donors (Lipinski definition) is 0. The summed E-state index contributed by atoms with van der Waals surface area (Å²) in [4.78, 5) is 10.9. The van der Waals surface area contributed by atoms with Crippen molar-refractivity contribution in [3.05, 3.63) is 34.6 Å². The van der Waals surface area contributed by atoms with Crippen molar-refractivity contribution in [3.63, 3.8) is 0 Å². The number of carbonyl (C=O) groups is 1. The molecule has 0 spiro atoms. The molecule has 0 aliphatic carbocycles. The molecule has 0 unspecified atom stereocenters. The van der Waals surface area contributed by atoms with E-state index in [1.54, 1.807) is 0 Å². The molecule has 1 aromatic rings. The Morgan fingerprint density at radius 2 is 1.67 bits per heavy atom. The number of ketones is 1. The van der Waals surface area contributed by atoms with Crippen molar-refractivity contribution in [2.75, 3.05) is 0 Å². The van der Waals surface area contributed by atoms with Crippen molar-refractivity contribution >= 4 is 5.78 Å². The SMILES string of the molecule is Cc1c(F)ccc(C(=O)C(F)(F)F)c1C. The van der Waals surface area contributed by atoms with Crippen LogP contribution in [-0.4, -0.2) is 12.0 Å². The molecule has 0 atom stereocenters. The zero-order chi connectivity index (χ0) is 11.8. The molecule has 1 rings (SSSR count). The number of rotatable bonds is 1. The van der Waals surface area contributed by atoms with Crippen molar-refractivity contribution in [2.24, 2.45) is 0 Å². The summed E-state index contributed by atoms with van der Waals surface area (Å²) in [5.41, 5.74) is -0.413. The highest BCUT2D eigenvalue weighted by molar-refractivity contribution is 6.01. The van der Waals surface area contributed by atoms with Gasteiger partial charge in [-0.25, -0.2) is 4.39 Å². The van der Waals surface area contributed by atoms with E-state index in [2.05, 4.69) is 0 Å². The molecular weight excluding hydrogens is 212 g/mol. The summed E-state index contributed by atoms with van der Waals surface area (Å²) < 4.78 is 49.2. The predicted octanol–water partition coefficient (Wildman–Crippen LogP) is 3.19. The van der Waals surface area contributed by atoms with E-state index in [0.29, 0.717) is 0 Å². The first-order valence-corrected chi connectivity index (χ1v) is 4.12. The van der Waals surface area contributed by atoms with E-state index in [9.17, 15) is 22.4 Å². The van der Waals surface area contributed by atoms with Gasteiger partial charge in [0.25, 0.3) is 5.78 Å². The van der Waals surface area contributed by atoms with Crippen molar-refractivity contribution in [1.29, 1.82) is 0 Å². The van der Waals surface area contributed by atoms with E-state index in [1.807, 2.05) is 0 Å². The number of benzene rings is 1. The highest BCUT2D eigenvalue weighted by atomic mass is 19.4. The van der Waals surface area contributed by atoms with Gasteiger partial charge in [0.05, 0.1) is 0 Å². The molecule has 0 amide bonds. The standard InChI is InChI=1S/C10H8F4O/c1-5-6(2)8(11)4-3-7(5)9(15)10(12,13)14/h3-4H,1-2H3. The van der Waals surface area contributed by atoms with Crippen LogP contribution in [0.25, 0.3) is 0 Å². The van der Waals surface area contributed by atoms with Crippen LogP contribution < -0.4 is 0 Å². The quantitative estimate of drug-likeness (QED) is 0.524. The molecular formula is C10H8F4O. The Bertz CT molecular complexity index is 407. The summed E-state index contributed by atoms with van der Waals surface area (Å²) in [6.45, 7) is 2.62. The van der Waals surface area contributed by atoms with Gasteiger partial charge in [-0.2, -0.15) is 13.2 Å². The minimum Gasteiger partial charge on any atom is -0.284 e. The first-order chi connectivity index (χ1) is 6.75. The number of carbonyl (C=O) groups excluding carboxylic acids is 1. The third kappa shape index (κ3) is 2.16. The van der Waals surface area contributed by atoms with Gasteiger partial charge in [-0.3, -0.25) is 4.79 Å². The smallest absolute Gasteiger partial charge is 0.284 e. The van der Waals surface area contributed by atoms with Crippen molar-refractivity contribution in [1.82, 2.24) is 0 Å². The Morgan fingerprint density at radius 3 is 2.13 bits per heavy atom. The molecule has 0 N–H and O–H groups in total. The number of alkyl halides is 3. The third-order valence-electron chi connectivity index (χ3n) is 2.22.